The van der Waals surface area contributed by atoms with Crippen molar-refractivity contribution in [2.24, 2.45) is 0 Å². The first-order valence-corrected chi connectivity index (χ1v) is 11.0. The first kappa shape index (κ1) is 27.0. The molecule has 1 atom stereocenters. The lowest BCUT2D eigenvalue weighted by atomic mass is 9.95. The number of aryl methyl sites for hydroxylation is 1. The molecule has 178 valence electrons. The number of ether oxygens (including phenoxy) is 2. The number of nitrogens with one attached hydrogen (secondary N) is 1. The van der Waals surface area contributed by atoms with Crippen molar-refractivity contribution in [3.63, 3.8) is 0 Å². The van der Waals surface area contributed by atoms with Crippen LogP contribution in [0.15, 0.2) is 6.07 Å². The van der Waals surface area contributed by atoms with E-state index < -0.39 is 5.60 Å². The van der Waals surface area contributed by atoms with Crippen molar-refractivity contribution in [1.29, 1.82) is 0 Å². The van der Waals surface area contributed by atoms with Crippen molar-refractivity contribution in [3.05, 3.63) is 11.6 Å². The summed E-state index contributed by atoms with van der Waals surface area (Å²) in [6.07, 6.45) is 2.91. The molecule has 1 rings (SSSR count). The summed E-state index contributed by atoms with van der Waals surface area (Å²) in [6, 6.07) is 1.46. The number of hydrogen-bond acceptors (Lipinski definition) is 6. The van der Waals surface area contributed by atoms with Gasteiger partial charge < -0.3 is 29.8 Å². The van der Waals surface area contributed by atoms with Crippen molar-refractivity contribution in [2.45, 2.75) is 91.4 Å². The lowest BCUT2D eigenvalue weighted by Gasteiger charge is -2.31. The maximum absolute atomic E-state index is 12.0. The number of amides is 1. The topological polar surface area (TPSA) is 110 Å². The van der Waals surface area contributed by atoms with Crippen LogP contribution in [0, 0.1) is 6.92 Å². The fourth-order valence-electron chi connectivity index (χ4n) is 3.10. The molecule has 1 aromatic rings. The number of nitrogens with zero attached hydrogens (tertiary/aromatic N) is 1. The summed E-state index contributed by atoms with van der Waals surface area (Å²) in [5.74, 6) is -0.0984. The van der Waals surface area contributed by atoms with Crippen molar-refractivity contribution in [3.8, 4) is 11.8 Å². The number of Topliss-reactive ketones (excluding diaryl/α,β-unsaturated/α-hetero) is 1. The van der Waals surface area contributed by atoms with Gasteiger partial charge in [-0.15, -0.1) is 0 Å². The van der Waals surface area contributed by atoms with Crippen molar-refractivity contribution < 1.29 is 29.3 Å². The average molecular weight is 441 g/mol. The quantitative estimate of drug-likeness (QED) is 0.360. The minimum absolute atomic E-state index is 0.0296. The van der Waals surface area contributed by atoms with Crippen LogP contribution in [0.4, 0.5) is 0 Å². The maximum Gasteiger partial charge on any atom is 0.221 e. The molecular formula is C23H40N2O6. The summed E-state index contributed by atoms with van der Waals surface area (Å²) in [5, 5.41) is 22.4. The molecule has 0 saturated heterocycles. The van der Waals surface area contributed by atoms with Crippen LogP contribution in [0.2, 0.25) is 0 Å². The predicted octanol–water partition coefficient (Wildman–Crippen LogP) is 3.45. The van der Waals surface area contributed by atoms with Crippen LogP contribution in [-0.4, -0.2) is 57.4 Å². The van der Waals surface area contributed by atoms with E-state index in [1.54, 1.807) is 13.8 Å². The zero-order valence-corrected chi connectivity index (χ0v) is 19.9. The Morgan fingerprint density at radius 3 is 2.32 bits per heavy atom. The van der Waals surface area contributed by atoms with Gasteiger partial charge in [0.2, 0.25) is 5.91 Å². The lowest BCUT2D eigenvalue weighted by Crippen LogP contribution is -2.35. The van der Waals surface area contributed by atoms with Gasteiger partial charge >= 0.3 is 0 Å². The van der Waals surface area contributed by atoms with Crippen molar-refractivity contribution in [2.75, 3.05) is 19.8 Å². The minimum atomic E-state index is -0.403. The van der Waals surface area contributed by atoms with Crippen LogP contribution in [0.25, 0.3) is 0 Å². The first-order valence-electron chi connectivity index (χ1n) is 11.0. The number of hydrogen-bond donors (Lipinski definition) is 3. The van der Waals surface area contributed by atoms with E-state index in [1.165, 1.54) is 10.6 Å². The average Bonchev–Trinajstić information content (AvgIpc) is 2.93. The van der Waals surface area contributed by atoms with E-state index in [9.17, 15) is 19.8 Å². The molecule has 0 fully saturated rings. The molecule has 31 heavy (non-hydrogen) atoms. The third kappa shape index (κ3) is 9.74. The molecule has 0 aromatic carbocycles. The first-order chi connectivity index (χ1) is 14.4. The second-order valence-electron chi connectivity index (χ2n) is 8.97. The predicted molar refractivity (Wildman–Crippen MR) is 119 cm³/mol. The van der Waals surface area contributed by atoms with Crippen LogP contribution in [0.5, 0.6) is 11.8 Å². The summed E-state index contributed by atoms with van der Waals surface area (Å²) in [4.78, 5) is 23.3. The van der Waals surface area contributed by atoms with E-state index in [2.05, 4.69) is 12.2 Å². The van der Waals surface area contributed by atoms with Crippen LogP contribution < -0.4 is 5.32 Å². The molecule has 1 heterocycles. The van der Waals surface area contributed by atoms with Gasteiger partial charge in [0.05, 0.1) is 24.4 Å². The zero-order chi connectivity index (χ0) is 23.7. The Hall–Kier alpha value is -2.06. The summed E-state index contributed by atoms with van der Waals surface area (Å²) in [7, 11) is 0. The number of aromatic hydroxyl groups is 2. The molecule has 1 aromatic heterocycles. The Morgan fingerprint density at radius 1 is 1.10 bits per heavy atom. The third-order valence-electron chi connectivity index (χ3n) is 5.62. The van der Waals surface area contributed by atoms with E-state index in [1.807, 2.05) is 20.8 Å². The Kier molecular flexibility index (Phi) is 10.5. The number of aromatic nitrogens is 1. The number of carbonyl (C=O) groups excluding carboxylic acids is 2. The van der Waals surface area contributed by atoms with E-state index in [-0.39, 0.29) is 42.0 Å². The highest BCUT2D eigenvalue weighted by molar-refractivity contribution is 5.76. The Morgan fingerprint density at radius 2 is 1.77 bits per heavy atom. The second kappa shape index (κ2) is 12.1. The third-order valence-corrected chi connectivity index (χ3v) is 5.62. The van der Waals surface area contributed by atoms with Gasteiger partial charge in [-0.25, -0.2) is 0 Å². The molecule has 0 spiro atoms. The van der Waals surface area contributed by atoms with E-state index >= 15 is 0 Å². The fourth-order valence-corrected chi connectivity index (χ4v) is 3.10. The Bertz CT molecular complexity index is 728. The smallest absolute Gasteiger partial charge is 0.221 e. The number of rotatable bonds is 15. The number of carbonyl (C=O) groups is 2. The normalized spacial score (nSPS) is 13.7. The lowest BCUT2D eigenvalue weighted by molar-refractivity contribution is -0.122. The van der Waals surface area contributed by atoms with Gasteiger partial charge in [0.1, 0.15) is 5.78 Å². The van der Waals surface area contributed by atoms with Gasteiger partial charge in [-0.2, -0.15) is 0 Å². The molecule has 0 aliphatic heterocycles. The molecule has 8 nitrogen and oxygen atoms in total. The standard InChI is InChI=1S/C23H40N2O6/c1-7-23(6,10-8-18(3)26)31-14-11-22(4,5)30-15-12-24-19(27)9-13-25-20(28)16-17(2)21(25)29/h16,28-29H,7-15H2,1-6H3,(H,24,27). The monoisotopic (exact) mass is 440 g/mol. The van der Waals surface area contributed by atoms with Gasteiger partial charge in [-0.3, -0.25) is 9.36 Å². The number of ketones is 1. The highest BCUT2D eigenvalue weighted by Gasteiger charge is 2.25. The van der Waals surface area contributed by atoms with E-state index in [4.69, 9.17) is 9.47 Å². The summed E-state index contributed by atoms with van der Waals surface area (Å²) < 4.78 is 13.3. The summed E-state index contributed by atoms with van der Waals surface area (Å²) >= 11 is 0. The van der Waals surface area contributed by atoms with Crippen LogP contribution in [0.1, 0.15) is 72.3 Å². The van der Waals surface area contributed by atoms with Crippen LogP contribution in [0.3, 0.4) is 0 Å². The van der Waals surface area contributed by atoms with Gasteiger partial charge in [0.25, 0.3) is 0 Å². The largest absolute Gasteiger partial charge is 0.494 e. The van der Waals surface area contributed by atoms with E-state index in [0.717, 1.165) is 6.42 Å². The molecule has 0 aliphatic rings. The van der Waals surface area contributed by atoms with E-state index in [0.29, 0.717) is 44.6 Å². The Balaban J connectivity index is 2.27. The van der Waals surface area contributed by atoms with Gasteiger partial charge in [-0.05, 0) is 53.9 Å². The van der Waals surface area contributed by atoms with Gasteiger partial charge in [0.15, 0.2) is 11.8 Å². The summed E-state index contributed by atoms with van der Waals surface area (Å²) in [6.45, 7) is 12.8. The molecule has 8 heteroatoms. The molecule has 0 aliphatic carbocycles. The molecule has 3 N–H and O–H groups in total. The molecule has 0 radical (unpaired) electrons. The molecular weight excluding hydrogens is 400 g/mol. The van der Waals surface area contributed by atoms with Gasteiger partial charge in [0, 0.05) is 37.6 Å². The van der Waals surface area contributed by atoms with Gasteiger partial charge in [-0.1, -0.05) is 6.92 Å². The molecule has 1 unspecified atom stereocenters. The molecule has 0 saturated carbocycles. The molecule has 1 amide bonds. The highest BCUT2D eigenvalue weighted by atomic mass is 16.5. The van der Waals surface area contributed by atoms with Crippen LogP contribution >= 0.6 is 0 Å². The minimum Gasteiger partial charge on any atom is -0.494 e. The maximum atomic E-state index is 12.0. The summed E-state index contributed by atoms with van der Waals surface area (Å²) in [5.41, 5.74) is -0.146. The van der Waals surface area contributed by atoms with Crippen molar-refractivity contribution in [1.82, 2.24) is 9.88 Å². The van der Waals surface area contributed by atoms with Crippen LogP contribution in [-0.2, 0) is 25.6 Å². The van der Waals surface area contributed by atoms with Crippen molar-refractivity contribution >= 4 is 11.7 Å². The fraction of sp³-hybridized carbons (Fsp3) is 0.739. The zero-order valence-electron chi connectivity index (χ0n) is 19.9. The highest BCUT2D eigenvalue weighted by Crippen LogP contribution is 2.26. The molecule has 0 bridgehead atoms. The Labute approximate surface area is 185 Å². The SMILES string of the molecule is CCC(C)(CCC(C)=O)OCCC(C)(C)OCCNC(=O)CCn1c(O)cc(C)c1O. The second-order valence-corrected chi connectivity index (χ2v) is 8.97.